The molecular formula is C15H24N2O3S. The molecule has 0 aromatic carbocycles. The molecule has 0 bridgehead atoms. The van der Waals surface area contributed by atoms with E-state index in [2.05, 4.69) is 4.98 Å². The van der Waals surface area contributed by atoms with E-state index >= 15 is 0 Å². The predicted octanol–water partition coefficient (Wildman–Crippen LogP) is 2.31. The fourth-order valence-corrected chi connectivity index (χ4v) is 3.41. The Morgan fingerprint density at radius 3 is 2.43 bits per heavy atom. The highest BCUT2D eigenvalue weighted by molar-refractivity contribution is 7.98. The van der Waals surface area contributed by atoms with Gasteiger partial charge in [-0.2, -0.15) is 16.7 Å². The molecule has 1 rings (SSSR count). The van der Waals surface area contributed by atoms with Gasteiger partial charge in [-0.15, -0.1) is 0 Å². The number of carboxylic acids is 1. The van der Waals surface area contributed by atoms with Gasteiger partial charge in [0.2, 0.25) is 0 Å². The minimum Gasteiger partial charge on any atom is -0.481 e. The Balaban J connectivity index is 3.55. The quantitative estimate of drug-likeness (QED) is 0.797. The molecule has 1 heterocycles. The van der Waals surface area contributed by atoms with Gasteiger partial charge in [0.05, 0.1) is 12.1 Å². The van der Waals surface area contributed by atoms with Crippen molar-refractivity contribution >= 4 is 17.7 Å². The molecule has 0 aliphatic carbocycles. The topological polar surface area (TPSA) is 72.2 Å². The zero-order valence-corrected chi connectivity index (χ0v) is 14.0. The Labute approximate surface area is 129 Å². The van der Waals surface area contributed by atoms with Crippen molar-refractivity contribution in [2.45, 2.75) is 52.5 Å². The summed E-state index contributed by atoms with van der Waals surface area (Å²) in [6.07, 6.45) is 3.97. The Morgan fingerprint density at radius 2 is 2.00 bits per heavy atom. The van der Waals surface area contributed by atoms with Gasteiger partial charge < -0.3 is 5.11 Å². The molecule has 0 amide bonds. The van der Waals surface area contributed by atoms with Crippen molar-refractivity contribution in [1.29, 1.82) is 0 Å². The monoisotopic (exact) mass is 312 g/mol. The number of aryl methyl sites for hydroxylation is 1. The summed E-state index contributed by atoms with van der Waals surface area (Å²) in [6.45, 7) is 5.90. The van der Waals surface area contributed by atoms with Gasteiger partial charge in [-0.25, -0.2) is 4.79 Å². The number of aromatic nitrogens is 2. The molecule has 21 heavy (non-hydrogen) atoms. The normalized spacial score (nSPS) is 12.4. The van der Waals surface area contributed by atoms with E-state index in [0.717, 1.165) is 17.9 Å². The zero-order chi connectivity index (χ0) is 16.0. The average Bonchev–Trinajstić information content (AvgIpc) is 2.45. The number of thioether (sulfide) groups is 1. The fraction of sp³-hybridized carbons (Fsp3) is 0.667. The third-order valence-electron chi connectivity index (χ3n) is 3.62. The molecule has 0 radical (unpaired) electrons. The van der Waals surface area contributed by atoms with Crippen LogP contribution in [0, 0.1) is 0 Å². The SMILES string of the molecule is CCc1nc(=O)n(C(CC)CSC)c(CC)c1CC(=O)O. The molecule has 0 aliphatic heterocycles. The molecule has 0 saturated heterocycles. The van der Waals surface area contributed by atoms with Gasteiger partial charge in [-0.1, -0.05) is 20.8 Å². The van der Waals surface area contributed by atoms with Crippen molar-refractivity contribution in [3.05, 3.63) is 27.4 Å². The molecule has 0 fully saturated rings. The van der Waals surface area contributed by atoms with Gasteiger partial charge in [0, 0.05) is 23.1 Å². The molecule has 118 valence electrons. The van der Waals surface area contributed by atoms with E-state index in [1.807, 2.05) is 27.0 Å². The van der Waals surface area contributed by atoms with E-state index < -0.39 is 5.97 Å². The summed E-state index contributed by atoms with van der Waals surface area (Å²) in [5.41, 5.74) is 1.91. The van der Waals surface area contributed by atoms with Crippen LogP contribution in [0.3, 0.4) is 0 Å². The number of rotatable bonds is 8. The summed E-state index contributed by atoms with van der Waals surface area (Å²) in [7, 11) is 0. The maximum absolute atomic E-state index is 12.4. The first-order valence-corrected chi connectivity index (χ1v) is 8.73. The van der Waals surface area contributed by atoms with Gasteiger partial charge in [0.25, 0.3) is 0 Å². The lowest BCUT2D eigenvalue weighted by Crippen LogP contribution is -2.34. The molecule has 6 heteroatoms. The molecular weight excluding hydrogens is 288 g/mol. The summed E-state index contributed by atoms with van der Waals surface area (Å²) in [4.78, 5) is 27.7. The Hall–Kier alpha value is -1.30. The highest BCUT2D eigenvalue weighted by Crippen LogP contribution is 2.21. The molecule has 0 aliphatic rings. The van der Waals surface area contributed by atoms with Gasteiger partial charge >= 0.3 is 11.7 Å². The third-order valence-corrected chi connectivity index (χ3v) is 4.34. The van der Waals surface area contributed by atoms with Gasteiger partial charge in [0.1, 0.15) is 0 Å². The van der Waals surface area contributed by atoms with Crippen LogP contribution in [0.2, 0.25) is 0 Å². The van der Waals surface area contributed by atoms with E-state index in [-0.39, 0.29) is 18.2 Å². The number of hydrogen-bond acceptors (Lipinski definition) is 4. The Bertz CT molecular complexity index is 555. The van der Waals surface area contributed by atoms with Crippen molar-refractivity contribution in [2.75, 3.05) is 12.0 Å². The van der Waals surface area contributed by atoms with Gasteiger partial charge in [-0.3, -0.25) is 9.36 Å². The average molecular weight is 312 g/mol. The highest BCUT2D eigenvalue weighted by Gasteiger charge is 2.21. The number of hydrogen-bond donors (Lipinski definition) is 1. The molecule has 1 N–H and O–H groups in total. The highest BCUT2D eigenvalue weighted by atomic mass is 32.2. The van der Waals surface area contributed by atoms with E-state index in [9.17, 15) is 9.59 Å². The van der Waals surface area contributed by atoms with Crippen LogP contribution < -0.4 is 5.69 Å². The Kier molecular flexibility index (Phi) is 6.95. The number of aliphatic carboxylic acids is 1. The molecule has 1 aromatic heterocycles. The van der Waals surface area contributed by atoms with Crippen molar-refractivity contribution in [3.63, 3.8) is 0 Å². The maximum Gasteiger partial charge on any atom is 0.348 e. The lowest BCUT2D eigenvalue weighted by molar-refractivity contribution is -0.136. The van der Waals surface area contributed by atoms with Crippen LogP contribution in [-0.2, 0) is 24.1 Å². The molecule has 1 aromatic rings. The van der Waals surface area contributed by atoms with Crippen molar-refractivity contribution < 1.29 is 9.90 Å². The summed E-state index contributed by atoms with van der Waals surface area (Å²) in [6, 6.07) is 0.0633. The molecule has 0 saturated carbocycles. The van der Waals surface area contributed by atoms with Crippen molar-refractivity contribution in [2.24, 2.45) is 0 Å². The predicted molar refractivity (Wildman–Crippen MR) is 86.3 cm³/mol. The lowest BCUT2D eigenvalue weighted by atomic mass is 10.0. The van der Waals surface area contributed by atoms with Crippen molar-refractivity contribution in [3.8, 4) is 0 Å². The second kappa shape index (κ2) is 8.22. The summed E-state index contributed by atoms with van der Waals surface area (Å²) in [5.74, 6) is -0.0624. The van der Waals surface area contributed by atoms with Crippen LogP contribution in [-0.4, -0.2) is 32.6 Å². The maximum atomic E-state index is 12.4. The molecule has 1 unspecified atom stereocenters. The van der Waals surface area contributed by atoms with Crippen LogP contribution in [0.4, 0.5) is 0 Å². The Morgan fingerprint density at radius 1 is 1.33 bits per heavy atom. The van der Waals surface area contributed by atoms with Crippen molar-refractivity contribution in [1.82, 2.24) is 9.55 Å². The van der Waals surface area contributed by atoms with Crippen LogP contribution in [0.15, 0.2) is 4.79 Å². The van der Waals surface area contributed by atoms with E-state index in [4.69, 9.17) is 5.11 Å². The molecule has 5 nitrogen and oxygen atoms in total. The number of carboxylic acid groups (broad SMARTS) is 1. The van der Waals surface area contributed by atoms with Crippen LogP contribution >= 0.6 is 11.8 Å². The minimum atomic E-state index is -0.885. The van der Waals surface area contributed by atoms with E-state index in [1.165, 1.54) is 0 Å². The molecule has 1 atom stereocenters. The minimum absolute atomic E-state index is 0.0633. The van der Waals surface area contributed by atoms with Gasteiger partial charge in [0.15, 0.2) is 0 Å². The first-order valence-electron chi connectivity index (χ1n) is 7.33. The van der Waals surface area contributed by atoms with E-state index in [0.29, 0.717) is 24.1 Å². The van der Waals surface area contributed by atoms with Gasteiger partial charge in [-0.05, 0) is 25.5 Å². The lowest BCUT2D eigenvalue weighted by Gasteiger charge is -2.23. The third kappa shape index (κ3) is 4.09. The fourth-order valence-electron chi connectivity index (χ4n) is 2.64. The van der Waals surface area contributed by atoms with Crippen LogP contribution in [0.5, 0.6) is 0 Å². The van der Waals surface area contributed by atoms with Crippen LogP contribution in [0.25, 0.3) is 0 Å². The summed E-state index contributed by atoms with van der Waals surface area (Å²) in [5, 5.41) is 9.15. The summed E-state index contributed by atoms with van der Waals surface area (Å²) < 4.78 is 1.72. The zero-order valence-electron chi connectivity index (χ0n) is 13.2. The second-order valence-corrected chi connectivity index (χ2v) is 5.84. The van der Waals surface area contributed by atoms with Crippen LogP contribution in [0.1, 0.15) is 50.2 Å². The second-order valence-electron chi connectivity index (χ2n) is 4.93. The smallest absolute Gasteiger partial charge is 0.348 e. The standard InChI is InChI=1S/C15H24N2O3S/c1-5-10(9-21-4)17-13(7-3)11(8-14(18)19)12(6-2)16-15(17)20/h10H,5-9H2,1-4H3,(H,18,19). The number of carbonyl (C=O) groups is 1. The first-order chi connectivity index (χ1) is 9.99. The van der Waals surface area contributed by atoms with E-state index in [1.54, 1.807) is 16.3 Å². The number of nitrogens with zero attached hydrogens (tertiary/aromatic N) is 2. The first kappa shape index (κ1) is 17.8. The summed E-state index contributed by atoms with van der Waals surface area (Å²) >= 11 is 1.68. The largest absolute Gasteiger partial charge is 0.481 e. The molecule has 0 spiro atoms.